The molecule has 1 unspecified atom stereocenters. The second-order valence-corrected chi connectivity index (χ2v) is 4.91. The van der Waals surface area contributed by atoms with Gasteiger partial charge in [0.15, 0.2) is 0 Å². The second-order valence-electron chi connectivity index (χ2n) is 4.91. The number of carboxylic acid groups (broad SMARTS) is 1. The fraction of sp³-hybridized carbons (Fsp3) is 0.462. The van der Waals surface area contributed by atoms with Gasteiger partial charge in [0, 0.05) is 0 Å². The van der Waals surface area contributed by atoms with E-state index >= 15 is 0 Å². The molecule has 1 rings (SSSR count). The average molecular weight is 265 g/mol. The highest BCUT2D eigenvalue weighted by Gasteiger charge is 2.24. The lowest BCUT2D eigenvalue weighted by molar-refractivity contribution is -0.138. The first-order chi connectivity index (χ1) is 8.68. The average Bonchev–Trinajstić information content (AvgIpc) is 2.31. The number of hydrogen-bond acceptors (Lipinski definition) is 4. The first-order valence-corrected chi connectivity index (χ1v) is 6.12. The van der Waals surface area contributed by atoms with Crippen LogP contribution in [0.4, 0.5) is 0 Å². The Morgan fingerprint density at radius 1 is 1.11 bits per heavy atom. The van der Waals surface area contributed by atoms with Crippen molar-refractivity contribution in [1.82, 2.24) is 0 Å². The minimum atomic E-state index is -1.53. The largest absolute Gasteiger partial charge is 0.488 e. The Bertz CT molecular complexity index is 485. The number of carbonyl (C=O) groups is 1. The Labute approximate surface area is 113 Å². The van der Waals surface area contributed by atoms with Gasteiger partial charge in [-0.05, 0) is 67.4 Å². The summed E-state index contributed by atoms with van der Waals surface area (Å²) in [7, 11) is -1.53. The number of carboxylic acids is 1. The molecule has 0 heterocycles. The van der Waals surface area contributed by atoms with E-state index in [9.17, 15) is 14.8 Å². The highest BCUT2D eigenvalue weighted by atomic mass is 16.4. The molecule has 19 heavy (non-hydrogen) atoms. The van der Waals surface area contributed by atoms with E-state index in [2.05, 4.69) is 0 Å². The molecule has 0 saturated heterocycles. The van der Waals surface area contributed by atoms with Crippen LogP contribution in [-0.4, -0.2) is 34.3 Å². The number of hydrogen-bond donors (Lipinski definition) is 4. The fourth-order valence-corrected chi connectivity index (χ4v) is 2.42. The van der Waals surface area contributed by atoms with Gasteiger partial charge in [0.2, 0.25) is 0 Å². The van der Waals surface area contributed by atoms with Crippen molar-refractivity contribution >= 4 is 18.6 Å². The summed E-state index contributed by atoms with van der Waals surface area (Å²) < 4.78 is 0. The minimum Gasteiger partial charge on any atom is -0.480 e. The Hall–Kier alpha value is -1.37. The van der Waals surface area contributed by atoms with Crippen LogP contribution in [0, 0.1) is 27.7 Å². The molecular weight excluding hydrogens is 245 g/mol. The molecule has 1 aromatic rings. The maximum absolute atomic E-state index is 10.9. The van der Waals surface area contributed by atoms with Crippen LogP contribution >= 0.6 is 0 Å². The molecule has 0 saturated carbocycles. The third-order valence-corrected chi connectivity index (χ3v) is 3.84. The summed E-state index contributed by atoms with van der Waals surface area (Å²) in [5, 5.41) is 27.8. The van der Waals surface area contributed by atoms with Crippen molar-refractivity contribution in [3.05, 3.63) is 27.8 Å². The van der Waals surface area contributed by atoms with Crippen LogP contribution in [0.15, 0.2) is 0 Å². The molecule has 0 aliphatic carbocycles. The third kappa shape index (κ3) is 2.97. The van der Waals surface area contributed by atoms with E-state index in [1.807, 2.05) is 13.8 Å². The van der Waals surface area contributed by atoms with Gasteiger partial charge in [-0.25, -0.2) is 0 Å². The van der Waals surface area contributed by atoms with Crippen LogP contribution in [0.3, 0.4) is 0 Å². The van der Waals surface area contributed by atoms with Crippen LogP contribution < -0.4 is 11.2 Å². The molecular formula is C13H20BNO4. The Morgan fingerprint density at radius 2 is 1.53 bits per heavy atom. The van der Waals surface area contributed by atoms with Gasteiger partial charge in [-0.3, -0.25) is 4.79 Å². The van der Waals surface area contributed by atoms with Gasteiger partial charge < -0.3 is 20.9 Å². The van der Waals surface area contributed by atoms with Crippen LogP contribution in [-0.2, 0) is 11.2 Å². The highest BCUT2D eigenvalue weighted by molar-refractivity contribution is 6.59. The topological polar surface area (TPSA) is 104 Å². The van der Waals surface area contributed by atoms with E-state index in [0.717, 1.165) is 27.8 Å². The quantitative estimate of drug-likeness (QED) is 0.552. The molecule has 1 aromatic carbocycles. The highest BCUT2D eigenvalue weighted by Crippen LogP contribution is 2.21. The predicted octanol–water partition coefficient (Wildman–Crippen LogP) is -0.446. The lowest BCUT2D eigenvalue weighted by Gasteiger charge is -2.21. The summed E-state index contributed by atoms with van der Waals surface area (Å²) >= 11 is 0. The third-order valence-electron chi connectivity index (χ3n) is 3.84. The fourth-order valence-electron chi connectivity index (χ4n) is 2.42. The van der Waals surface area contributed by atoms with E-state index in [-0.39, 0.29) is 6.42 Å². The Balaban J connectivity index is 3.40. The van der Waals surface area contributed by atoms with Crippen molar-refractivity contribution in [2.24, 2.45) is 5.73 Å². The van der Waals surface area contributed by atoms with Crippen LogP contribution in [0.5, 0.6) is 0 Å². The zero-order chi connectivity index (χ0) is 14.9. The summed E-state index contributed by atoms with van der Waals surface area (Å²) in [4.78, 5) is 10.9. The zero-order valence-electron chi connectivity index (χ0n) is 11.7. The van der Waals surface area contributed by atoms with Crippen molar-refractivity contribution in [3.63, 3.8) is 0 Å². The molecule has 0 fully saturated rings. The SMILES string of the molecule is Cc1c(C)c(B(O)O)c(C)c(C)c1CC(N)C(=O)O. The molecule has 0 radical (unpaired) electrons. The molecule has 0 aliphatic heterocycles. The lowest BCUT2D eigenvalue weighted by atomic mass is 9.70. The first-order valence-electron chi connectivity index (χ1n) is 6.12. The van der Waals surface area contributed by atoms with E-state index in [4.69, 9.17) is 10.8 Å². The number of benzene rings is 1. The molecule has 0 aliphatic rings. The van der Waals surface area contributed by atoms with Crippen molar-refractivity contribution in [2.45, 2.75) is 40.2 Å². The second kappa shape index (κ2) is 5.73. The molecule has 0 bridgehead atoms. The number of rotatable bonds is 4. The van der Waals surface area contributed by atoms with Gasteiger partial charge in [0.05, 0.1) is 0 Å². The number of nitrogens with two attached hydrogens (primary N) is 1. The van der Waals surface area contributed by atoms with Crippen molar-refractivity contribution < 1.29 is 19.9 Å². The van der Waals surface area contributed by atoms with Crippen molar-refractivity contribution in [2.75, 3.05) is 0 Å². The van der Waals surface area contributed by atoms with Crippen molar-refractivity contribution in [1.29, 1.82) is 0 Å². The smallest absolute Gasteiger partial charge is 0.480 e. The van der Waals surface area contributed by atoms with Gasteiger partial charge in [-0.15, -0.1) is 0 Å². The monoisotopic (exact) mass is 265 g/mol. The van der Waals surface area contributed by atoms with Crippen molar-refractivity contribution in [3.8, 4) is 0 Å². The summed E-state index contributed by atoms with van der Waals surface area (Å²) in [6, 6.07) is -0.957. The molecule has 6 heteroatoms. The summed E-state index contributed by atoms with van der Waals surface area (Å²) in [6.45, 7) is 7.29. The number of aliphatic carboxylic acids is 1. The molecule has 104 valence electrons. The Morgan fingerprint density at radius 3 is 1.84 bits per heavy atom. The minimum absolute atomic E-state index is 0.233. The van der Waals surface area contributed by atoms with Gasteiger partial charge >= 0.3 is 13.1 Å². The standard InChI is InChI=1S/C13H20BNO4/c1-6-8(3)12(14(18)19)9(4)7(2)10(6)5-11(15)13(16)17/h11,18-19H,5,15H2,1-4H3,(H,16,17). The van der Waals surface area contributed by atoms with Gasteiger partial charge in [0.1, 0.15) is 6.04 Å². The van der Waals surface area contributed by atoms with Crippen LogP contribution in [0.25, 0.3) is 0 Å². The van der Waals surface area contributed by atoms with Gasteiger partial charge in [-0.1, -0.05) is 0 Å². The first kappa shape index (κ1) is 15.7. The molecule has 5 nitrogen and oxygen atoms in total. The summed E-state index contributed by atoms with van der Waals surface area (Å²) in [5.74, 6) is -1.04. The maximum atomic E-state index is 10.9. The molecule has 5 N–H and O–H groups in total. The molecule has 0 aromatic heterocycles. The zero-order valence-corrected chi connectivity index (χ0v) is 11.7. The van der Waals surface area contributed by atoms with Crippen LogP contribution in [0.2, 0.25) is 0 Å². The summed E-state index contributed by atoms with van der Waals surface area (Å²) in [5.41, 5.74) is 10.2. The molecule has 1 atom stereocenters. The molecule has 0 amide bonds. The normalized spacial score (nSPS) is 12.4. The van der Waals surface area contributed by atoms with Crippen LogP contribution in [0.1, 0.15) is 27.8 Å². The molecule has 0 spiro atoms. The van der Waals surface area contributed by atoms with Gasteiger partial charge in [-0.2, -0.15) is 0 Å². The van der Waals surface area contributed by atoms with E-state index in [1.54, 1.807) is 13.8 Å². The van der Waals surface area contributed by atoms with E-state index < -0.39 is 19.1 Å². The Kier molecular flexibility index (Phi) is 4.73. The maximum Gasteiger partial charge on any atom is 0.488 e. The summed E-state index contributed by atoms with van der Waals surface area (Å²) in [6.07, 6.45) is 0.233. The lowest BCUT2D eigenvalue weighted by Crippen LogP contribution is -2.37. The predicted molar refractivity (Wildman–Crippen MR) is 74.5 cm³/mol. The van der Waals surface area contributed by atoms with E-state index in [1.165, 1.54) is 0 Å². The van der Waals surface area contributed by atoms with E-state index in [0.29, 0.717) is 5.46 Å². The van der Waals surface area contributed by atoms with Gasteiger partial charge in [0.25, 0.3) is 0 Å².